The summed E-state index contributed by atoms with van der Waals surface area (Å²) >= 11 is 0. The summed E-state index contributed by atoms with van der Waals surface area (Å²) in [4.78, 5) is 35.2. The average molecular weight is 457 g/mol. The lowest BCUT2D eigenvalue weighted by Gasteiger charge is -2.47. The van der Waals surface area contributed by atoms with E-state index in [0.717, 1.165) is 32.1 Å². The summed E-state index contributed by atoms with van der Waals surface area (Å²) in [6.07, 6.45) is 17.7. The topological polar surface area (TPSA) is 112 Å². The zero-order chi connectivity index (χ0) is 24.6. The van der Waals surface area contributed by atoms with Gasteiger partial charge in [0, 0.05) is 0 Å². The molecule has 7 heteroatoms. The molecule has 0 aromatic heterocycles. The van der Waals surface area contributed by atoms with Crippen LogP contribution < -0.4 is 0 Å². The Hall–Kier alpha value is -1.89. The number of unbranched alkanes of at least 4 members (excludes halogenated alkanes) is 10. The van der Waals surface area contributed by atoms with E-state index in [1.165, 1.54) is 59.3 Å². The third-order valence-electron chi connectivity index (χ3n) is 6.79. The van der Waals surface area contributed by atoms with Gasteiger partial charge in [0.15, 0.2) is 18.1 Å². The molecule has 0 bridgehead atoms. The van der Waals surface area contributed by atoms with Crippen LogP contribution in [0.25, 0.3) is 0 Å². The van der Waals surface area contributed by atoms with E-state index in [9.17, 15) is 29.7 Å². The van der Waals surface area contributed by atoms with E-state index in [1.807, 2.05) is 0 Å². The summed E-state index contributed by atoms with van der Waals surface area (Å²) < 4.78 is -0.480. The molecule has 0 fully saturated rings. The minimum Gasteiger partial charge on any atom is -0.477 e. The van der Waals surface area contributed by atoms with Gasteiger partial charge in [-0.1, -0.05) is 64.0 Å². The maximum absolute atomic E-state index is 11.7. The number of carbonyl (C=O) groups is 3. The van der Waals surface area contributed by atoms with E-state index in [0.29, 0.717) is 6.42 Å². The fourth-order valence-corrected chi connectivity index (χ4v) is 4.47. The molecule has 0 heterocycles. The Bertz CT molecular complexity index is 539. The van der Waals surface area contributed by atoms with Gasteiger partial charge in [-0.05, 0) is 52.9 Å². The standard InChI is InChI=1S/C25H45NO6/c1-5-6-7-8-9-10-11-12-13-14-15-16-17-18-19-26(20(2)23(27)28,21(3)24(29)30)22(4)25(31)32/h8-9,20-22H,5-7,10-19H2,1-4H3,(H2-,27,28,29,30,31,32)/p+1/b9-8+. The van der Waals surface area contributed by atoms with Crippen LogP contribution in [0.15, 0.2) is 12.2 Å². The molecule has 0 aromatic rings. The van der Waals surface area contributed by atoms with Crippen molar-refractivity contribution in [1.29, 1.82) is 0 Å². The molecule has 0 aliphatic carbocycles. The second kappa shape index (κ2) is 16.7. The van der Waals surface area contributed by atoms with Gasteiger partial charge in [0.05, 0.1) is 6.54 Å². The van der Waals surface area contributed by atoms with Crippen molar-refractivity contribution in [1.82, 2.24) is 0 Å². The molecule has 0 rings (SSSR count). The van der Waals surface area contributed by atoms with Crippen LogP contribution in [0.3, 0.4) is 0 Å². The lowest BCUT2D eigenvalue weighted by atomic mass is 10.00. The highest BCUT2D eigenvalue weighted by molar-refractivity contribution is 5.77. The van der Waals surface area contributed by atoms with E-state index in [2.05, 4.69) is 19.1 Å². The normalized spacial score (nSPS) is 16.4. The summed E-state index contributed by atoms with van der Waals surface area (Å²) in [6.45, 7) is 6.67. The largest absolute Gasteiger partial charge is 0.477 e. The van der Waals surface area contributed by atoms with Crippen LogP contribution in [0.2, 0.25) is 0 Å². The van der Waals surface area contributed by atoms with Crippen molar-refractivity contribution in [2.24, 2.45) is 0 Å². The molecule has 3 unspecified atom stereocenters. The fourth-order valence-electron chi connectivity index (χ4n) is 4.47. The Morgan fingerprint density at radius 2 is 0.969 bits per heavy atom. The Morgan fingerprint density at radius 1 is 0.625 bits per heavy atom. The minimum atomic E-state index is -1.17. The summed E-state index contributed by atoms with van der Waals surface area (Å²) in [5, 5.41) is 28.8. The van der Waals surface area contributed by atoms with Crippen molar-refractivity contribution in [2.75, 3.05) is 6.54 Å². The molecule has 7 nitrogen and oxygen atoms in total. The lowest BCUT2D eigenvalue weighted by Crippen LogP contribution is -2.70. The predicted molar refractivity (Wildman–Crippen MR) is 127 cm³/mol. The summed E-state index contributed by atoms with van der Waals surface area (Å²) in [5.74, 6) is -3.52. The monoisotopic (exact) mass is 456 g/mol. The quantitative estimate of drug-likeness (QED) is 0.127. The number of carboxylic acids is 3. The summed E-state index contributed by atoms with van der Waals surface area (Å²) in [6, 6.07) is -3.37. The number of hydrogen-bond donors (Lipinski definition) is 3. The molecule has 186 valence electrons. The Balaban J connectivity index is 4.52. The zero-order valence-corrected chi connectivity index (χ0v) is 20.6. The molecule has 0 aliphatic rings. The van der Waals surface area contributed by atoms with Crippen molar-refractivity contribution >= 4 is 17.9 Å². The first-order chi connectivity index (χ1) is 15.1. The third-order valence-corrected chi connectivity index (χ3v) is 6.79. The van der Waals surface area contributed by atoms with E-state index in [4.69, 9.17) is 0 Å². The van der Waals surface area contributed by atoms with Crippen LogP contribution in [-0.4, -0.2) is 62.4 Å². The molecule has 0 amide bonds. The first-order valence-electron chi connectivity index (χ1n) is 12.3. The van der Waals surface area contributed by atoms with Gasteiger partial charge in [0.25, 0.3) is 0 Å². The number of allylic oxidation sites excluding steroid dienone is 2. The first-order valence-corrected chi connectivity index (χ1v) is 12.3. The van der Waals surface area contributed by atoms with Crippen LogP contribution in [-0.2, 0) is 14.4 Å². The second-order valence-corrected chi connectivity index (χ2v) is 8.99. The van der Waals surface area contributed by atoms with Crippen molar-refractivity contribution in [3.63, 3.8) is 0 Å². The second-order valence-electron chi connectivity index (χ2n) is 8.99. The highest BCUT2D eigenvalue weighted by Gasteiger charge is 2.52. The Morgan fingerprint density at radius 3 is 1.34 bits per heavy atom. The molecule has 0 spiro atoms. The van der Waals surface area contributed by atoms with Crippen LogP contribution in [0.5, 0.6) is 0 Å². The molecule has 3 atom stereocenters. The molecule has 0 saturated heterocycles. The number of rotatable bonds is 20. The highest BCUT2D eigenvalue weighted by atomic mass is 16.4. The van der Waals surface area contributed by atoms with Crippen molar-refractivity contribution < 1.29 is 34.2 Å². The summed E-state index contributed by atoms with van der Waals surface area (Å²) in [7, 11) is 0. The molecule has 0 radical (unpaired) electrons. The SMILES string of the molecule is CCCC/C=C/CCCCCCCCCC[N+](C(C)C(=O)O)(C(C)C(=O)O)C(C)C(=O)O. The maximum Gasteiger partial charge on any atom is 0.362 e. The minimum absolute atomic E-state index is 0.221. The molecular formula is C25H46NO6+. The van der Waals surface area contributed by atoms with Crippen LogP contribution >= 0.6 is 0 Å². The Labute approximate surface area is 194 Å². The number of aliphatic carboxylic acids is 3. The van der Waals surface area contributed by atoms with E-state index < -0.39 is 40.5 Å². The van der Waals surface area contributed by atoms with Crippen LogP contribution in [0.4, 0.5) is 0 Å². The van der Waals surface area contributed by atoms with Crippen molar-refractivity contribution in [2.45, 2.75) is 123 Å². The van der Waals surface area contributed by atoms with Gasteiger partial charge in [-0.3, -0.25) is 4.48 Å². The van der Waals surface area contributed by atoms with Crippen molar-refractivity contribution in [3.05, 3.63) is 12.2 Å². The van der Waals surface area contributed by atoms with Gasteiger partial charge in [0.1, 0.15) is 0 Å². The van der Waals surface area contributed by atoms with Gasteiger partial charge in [-0.15, -0.1) is 0 Å². The number of hydrogen-bond acceptors (Lipinski definition) is 3. The molecule has 0 saturated carbocycles. The molecule has 3 N–H and O–H groups in total. The molecule has 32 heavy (non-hydrogen) atoms. The Kier molecular flexibility index (Phi) is 15.7. The van der Waals surface area contributed by atoms with E-state index in [1.54, 1.807) is 0 Å². The molecule has 0 aliphatic heterocycles. The number of carboxylic acid groups (broad SMARTS) is 3. The van der Waals surface area contributed by atoms with Gasteiger partial charge in [0.2, 0.25) is 0 Å². The smallest absolute Gasteiger partial charge is 0.362 e. The van der Waals surface area contributed by atoms with Crippen LogP contribution in [0, 0.1) is 0 Å². The zero-order valence-electron chi connectivity index (χ0n) is 20.6. The predicted octanol–water partition coefficient (Wildman–Crippen LogP) is 5.48. The lowest BCUT2D eigenvalue weighted by molar-refractivity contribution is -0.968. The van der Waals surface area contributed by atoms with E-state index in [-0.39, 0.29) is 6.54 Å². The summed E-state index contributed by atoms with van der Waals surface area (Å²) in [5.41, 5.74) is 0. The van der Waals surface area contributed by atoms with E-state index >= 15 is 0 Å². The number of nitrogens with zero attached hydrogens (tertiary/aromatic N) is 1. The van der Waals surface area contributed by atoms with Gasteiger partial charge < -0.3 is 15.3 Å². The van der Waals surface area contributed by atoms with Crippen molar-refractivity contribution in [3.8, 4) is 0 Å². The fraction of sp³-hybridized carbons (Fsp3) is 0.800. The van der Waals surface area contributed by atoms with Gasteiger partial charge in [-0.2, -0.15) is 0 Å². The first kappa shape index (κ1) is 30.1. The van der Waals surface area contributed by atoms with Gasteiger partial charge in [-0.25, -0.2) is 14.4 Å². The molecule has 0 aromatic carbocycles. The van der Waals surface area contributed by atoms with Crippen LogP contribution in [0.1, 0.15) is 105 Å². The highest BCUT2D eigenvalue weighted by Crippen LogP contribution is 2.27. The maximum atomic E-state index is 11.7. The number of quaternary nitrogens is 1. The molecular weight excluding hydrogens is 410 g/mol. The van der Waals surface area contributed by atoms with Gasteiger partial charge >= 0.3 is 17.9 Å². The third kappa shape index (κ3) is 10.2. The average Bonchev–Trinajstić information content (AvgIpc) is 2.75.